The highest BCUT2D eigenvalue weighted by atomic mass is 35.5. The first-order valence-electron chi connectivity index (χ1n) is 10.3. The molecule has 4 atom stereocenters. The van der Waals surface area contributed by atoms with Gasteiger partial charge < -0.3 is 5.11 Å². The highest BCUT2D eigenvalue weighted by Crippen LogP contribution is 2.44. The van der Waals surface area contributed by atoms with Gasteiger partial charge in [-0.15, -0.1) is 0 Å². The molecule has 0 aromatic heterocycles. The average molecular weight is 439 g/mol. The zero-order valence-corrected chi connectivity index (χ0v) is 17.9. The predicted molar refractivity (Wildman–Crippen MR) is 111 cm³/mol. The van der Waals surface area contributed by atoms with Crippen LogP contribution in [0.1, 0.15) is 32.1 Å². The minimum atomic E-state index is -3.69. The van der Waals surface area contributed by atoms with Crippen molar-refractivity contribution in [3.63, 3.8) is 0 Å². The van der Waals surface area contributed by atoms with E-state index in [1.165, 1.54) is 0 Å². The summed E-state index contributed by atoms with van der Waals surface area (Å²) in [5.74, 6) is -0.451. The maximum absolute atomic E-state index is 13.6. The van der Waals surface area contributed by atoms with E-state index in [2.05, 4.69) is 4.90 Å². The Labute approximate surface area is 177 Å². The molecule has 0 aliphatic carbocycles. The summed E-state index contributed by atoms with van der Waals surface area (Å²) in [6.07, 6.45) is 7.34. The molecular formula is C21H27ClN2O4S. The van der Waals surface area contributed by atoms with Crippen molar-refractivity contribution in [2.45, 2.75) is 49.1 Å². The fourth-order valence-electron chi connectivity index (χ4n) is 5.57. The second kappa shape index (κ2) is 8.38. The summed E-state index contributed by atoms with van der Waals surface area (Å²) in [7, 11) is -3.69. The van der Waals surface area contributed by atoms with Gasteiger partial charge in [0, 0.05) is 29.7 Å². The van der Waals surface area contributed by atoms with Gasteiger partial charge in [0.05, 0.1) is 4.90 Å². The molecule has 3 aliphatic heterocycles. The number of rotatable bonds is 5. The molecule has 4 unspecified atom stereocenters. The molecular weight excluding hydrogens is 412 g/mol. The lowest BCUT2D eigenvalue weighted by molar-refractivity contribution is -0.131. The van der Waals surface area contributed by atoms with E-state index in [4.69, 9.17) is 16.7 Å². The van der Waals surface area contributed by atoms with Crippen LogP contribution in [0.15, 0.2) is 41.3 Å². The second-order valence-corrected chi connectivity index (χ2v) is 10.6. The third-order valence-corrected chi connectivity index (χ3v) is 8.84. The zero-order chi connectivity index (χ0) is 20.6. The maximum atomic E-state index is 13.6. The van der Waals surface area contributed by atoms with E-state index < -0.39 is 16.0 Å². The number of benzene rings is 1. The van der Waals surface area contributed by atoms with Crippen LogP contribution in [0.5, 0.6) is 0 Å². The van der Waals surface area contributed by atoms with Gasteiger partial charge in [-0.2, -0.15) is 4.31 Å². The highest BCUT2D eigenvalue weighted by Gasteiger charge is 2.51. The van der Waals surface area contributed by atoms with E-state index in [1.54, 1.807) is 34.6 Å². The molecule has 0 radical (unpaired) electrons. The normalized spacial score (nSPS) is 30.9. The Morgan fingerprint density at radius 3 is 2.55 bits per heavy atom. The van der Waals surface area contributed by atoms with Crippen LogP contribution >= 0.6 is 11.6 Å². The molecule has 29 heavy (non-hydrogen) atoms. The molecule has 158 valence electrons. The molecule has 8 heteroatoms. The fourth-order valence-corrected chi connectivity index (χ4v) is 7.44. The van der Waals surface area contributed by atoms with Gasteiger partial charge in [-0.25, -0.2) is 13.2 Å². The van der Waals surface area contributed by atoms with Crippen LogP contribution in [0.2, 0.25) is 5.02 Å². The van der Waals surface area contributed by atoms with E-state index in [1.807, 2.05) is 0 Å². The van der Waals surface area contributed by atoms with Gasteiger partial charge in [0.15, 0.2) is 0 Å². The van der Waals surface area contributed by atoms with E-state index in [9.17, 15) is 13.2 Å². The van der Waals surface area contributed by atoms with Crippen molar-refractivity contribution in [1.82, 2.24) is 9.21 Å². The smallest absolute Gasteiger partial charge is 0.327 e. The van der Waals surface area contributed by atoms with Gasteiger partial charge >= 0.3 is 5.97 Å². The molecule has 0 bridgehead atoms. The maximum Gasteiger partial charge on any atom is 0.327 e. The van der Waals surface area contributed by atoms with Crippen molar-refractivity contribution in [1.29, 1.82) is 0 Å². The van der Waals surface area contributed by atoms with Crippen molar-refractivity contribution in [3.05, 3.63) is 41.4 Å². The number of carbonyl (C=O) groups is 1. The Bertz CT molecular complexity index is 884. The van der Waals surface area contributed by atoms with Crippen molar-refractivity contribution in [3.8, 4) is 0 Å². The number of aliphatic carboxylic acids is 1. The van der Waals surface area contributed by atoms with Crippen molar-refractivity contribution in [2.24, 2.45) is 11.8 Å². The Balaban J connectivity index is 1.71. The first-order valence-corrected chi connectivity index (χ1v) is 12.1. The number of halogens is 1. The van der Waals surface area contributed by atoms with Crippen LogP contribution in [-0.4, -0.2) is 60.4 Å². The molecule has 1 aromatic carbocycles. The van der Waals surface area contributed by atoms with Gasteiger partial charge in [-0.3, -0.25) is 4.90 Å². The number of nitrogens with zero attached hydrogens (tertiary/aromatic N) is 2. The zero-order valence-electron chi connectivity index (χ0n) is 16.3. The third-order valence-electron chi connectivity index (χ3n) is 6.68. The molecule has 1 N–H and O–H groups in total. The number of hydrogen-bond donors (Lipinski definition) is 1. The predicted octanol–water partition coefficient (Wildman–Crippen LogP) is 3.23. The Hall–Kier alpha value is -1.41. The molecule has 0 amide bonds. The number of sulfonamides is 1. The molecule has 3 aliphatic rings. The summed E-state index contributed by atoms with van der Waals surface area (Å²) in [5, 5.41) is 9.50. The lowest BCUT2D eigenvalue weighted by Crippen LogP contribution is -2.65. The minimum absolute atomic E-state index is 0.225. The first-order chi connectivity index (χ1) is 13.9. The van der Waals surface area contributed by atoms with E-state index in [-0.39, 0.29) is 16.9 Å². The Kier molecular flexibility index (Phi) is 6.02. The Morgan fingerprint density at radius 1 is 1.17 bits per heavy atom. The van der Waals surface area contributed by atoms with Crippen LogP contribution in [0, 0.1) is 11.8 Å². The lowest BCUT2D eigenvalue weighted by atomic mass is 9.70. The monoisotopic (exact) mass is 438 g/mol. The summed E-state index contributed by atoms with van der Waals surface area (Å²) < 4.78 is 28.8. The van der Waals surface area contributed by atoms with Crippen molar-refractivity contribution in [2.75, 3.05) is 19.6 Å². The molecule has 3 fully saturated rings. The largest absolute Gasteiger partial charge is 0.478 e. The number of piperidine rings is 3. The van der Waals surface area contributed by atoms with E-state index in [0.29, 0.717) is 29.9 Å². The molecule has 6 nitrogen and oxygen atoms in total. The molecule has 3 heterocycles. The fraction of sp³-hybridized carbons (Fsp3) is 0.571. The van der Waals surface area contributed by atoms with Crippen molar-refractivity contribution >= 4 is 27.6 Å². The topological polar surface area (TPSA) is 77.9 Å². The number of hydrogen-bond acceptors (Lipinski definition) is 4. The van der Waals surface area contributed by atoms with Crippen LogP contribution in [-0.2, 0) is 14.8 Å². The SMILES string of the molecule is O=C(O)/C=C/CC1C2CCCN3CCCC(CN1S(=O)(=O)c1ccc(Cl)cc1)C23. The highest BCUT2D eigenvalue weighted by molar-refractivity contribution is 7.89. The summed E-state index contributed by atoms with van der Waals surface area (Å²) in [6, 6.07) is 6.49. The van der Waals surface area contributed by atoms with Gasteiger partial charge in [0.1, 0.15) is 0 Å². The quantitative estimate of drug-likeness (QED) is 0.714. The molecule has 4 rings (SSSR count). The number of carboxylic acid groups (broad SMARTS) is 1. The van der Waals surface area contributed by atoms with E-state index >= 15 is 0 Å². The van der Waals surface area contributed by atoms with Gasteiger partial charge in [-0.1, -0.05) is 17.7 Å². The Morgan fingerprint density at radius 2 is 1.86 bits per heavy atom. The van der Waals surface area contributed by atoms with E-state index in [0.717, 1.165) is 44.8 Å². The third kappa shape index (κ3) is 4.10. The van der Waals surface area contributed by atoms with Crippen LogP contribution < -0.4 is 0 Å². The van der Waals surface area contributed by atoms with Gasteiger partial charge in [-0.05, 0) is 81.3 Å². The van der Waals surface area contributed by atoms with Crippen LogP contribution in [0.3, 0.4) is 0 Å². The summed E-state index contributed by atoms with van der Waals surface area (Å²) in [5.41, 5.74) is 0. The summed E-state index contributed by atoms with van der Waals surface area (Å²) in [6.45, 7) is 2.66. The number of carboxylic acids is 1. The van der Waals surface area contributed by atoms with Crippen molar-refractivity contribution < 1.29 is 18.3 Å². The summed E-state index contributed by atoms with van der Waals surface area (Å²) >= 11 is 5.96. The molecule has 1 aromatic rings. The second-order valence-electron chi connectivity index (χ2n) is 8.31. The minimum Gasteiger partial charge on any atom is -0.478 e. The summed E-state index contributed by atoms with van der Waals surface area (Å²) in [4.78, 5) is 13.8. The molecule has 0 saturated carbocycles. The average Bonchev–Trinajstić information content (AvgIpc) is 2.69. The standard InChI is InChI=1S/C21H27ClN2O4S/c22-16-8-10-17(11-9-16)29(27,28)24-14-15-4-2-12-23-13-3-5-18(21(15)23)19(24)6-1-7-20(25)26/h1,7-11,15,18-19,21H,2-6,12-14H2,(H,25,26)/b7-1+. The molecule has 3 saturated heterocycles. The van der Waals surface area contributed by atoms with Crippen LogP contribution in [0.4, 0.5) is 0 Å². The first kappa shape index (κ1) is 20.8. The van der Waals surface area contributed by atoms with Gasteiger partial charge in [0.2, 0.25) is 10.0 Å². The van der Waals surface area contributed by atoms with Gasteiger partial charge in [0.25, 0.3) is 0 Å². The lowest BCUT2D eigenvalue weighted by Gasteiger charge is -2.56. The van der Waals surface area contributed by atoms with Crippen LogP contribution in [0.25, 0.3) is 0 Å². The molecule has 0 spiro atoms.